The molecule has 0 saturated heterocycles. The molecule has 0 saturated carbocycles. The molecule has 2 rings (SSSR count). The van der Waals surface area contributed by atoms with Crippen LogP contribution >= 0.6 is 11.3 Å². The Labute approximate surface area is 155 Å². The number of esters is 1. The lowest BCUT2D eigenvalue weighted by Gasteiger charge is -2.23. The van der Waals surface area contributed by atoms with Crippen LogP contribution < -0.4 is 5.32 Å². The maximum absolute atomic E-state index is 12.4. The van der Waals surface area contributed by atoms with Gasteiger partial charge in [-0.25, -0.2) is 0 Å². The highest BCUT2D eigenvalue weighted by molar-refractivity contribution is 7.15. The van der Waals surface area contributed by atoms with Crippen LogP contribution in [-0.4, -0.2) is 33.5 Å². The first-order chi connectivity index (χ1) is 12.3. The van der Waals surface area contributed by atoms with Crippen molar-refractivity contribution in [1.82, 2.24) is 10.2 Å². The SMILES string of the molecule is Cc1nnc(NC(=O)CCCC(=O)OC(C)(C)C(=O)c2ccccc2)s1. The predicted molar refractivity (Wildman–Crippen MR) is 98.1 cm³/mol. The quantitative estimate of drug-likeness (QED) is 0.562. The number of Topliss-reactive ketones (excluding diaryl/α,β-unsaturated/α-hetero) is 1. The molecule has 0 bridgehead atoms. The summed E-state index contributed by atoms with van der Waals surface area (Å²) >= 11 is 1.28. The number of nitrogens with one attached hydrogen (secondary N) is 1. The van der Waals surface area contributed by atoms with Crippen molar-refractivity contribution < 1.29 is 19.1 Å². The number of aromatic nitrogens is 2. The van der Waals surface area contributed by atoms with Crippen molar-refractivity contribution >= 4 is 34.1 Å². The molecule has 8 heteroatoms. The third-order valence-electron chi connectivity index (χ3n) is 3.51. The minimum absolute atomic E-state index is 0.0497. The Hall–Kier alpha value is -2.61. The summed E-state index contributed by atoms with van der Waals surface area (Å²) in [5.41, 5.74) is -0.776. The summed E-state index contributed by atoms with van der Waals surface area (Å²) in [4.78, 5) is 36.3. The fourth-order valence-corrected chi connectivity index (χ4v) is 2.85. The van der Waals surface area contributed by atoms with E-state index >= 15 is 0 Å². The summed E-state index contributed by atoms with van der Waals surface area (Å²) in [5, 5.41) is 11.4. The first-order valence-electron chi connectivity index (χ1n) is 8.19. The van der Waals surface area contributed by atoms with E-state index in [2.05, 4.69) is 15.5 Å². The Bertz CT molecular complexity index is 787. The second-order valence-electron chi connectivity index (χ2n) is 6.21. The average molecular weight is 375 g/mol. The summed E-state index contributed by atoms with van der Waals surface area (Å²) in [7, 11) is 0. The predicted octanol–water partition coefficient (Wildman–Crippen LogP) is 3.16. The van der Waals surface area contributed by atoms with Crippen LogP contribution in [0.25, 0.3) is 0 Å². The number of carbonyl (C=O) groups excluding carboxylic acids is 3. The van der Waals surface area contributed by atoms with Gasteiger partial charge in [0.2, 0.25) is 16.8 Å². The normalized spacial score (nSPS) is 11.0. The molecule has 0 atom stereocenters. The maximum Gasteiger partial charge on any atom is 0.306 e. The number of amides is 1. The molecule has 0 aliphatic rings. The number of rotatable bonds is 8. The van der Waals surface area contributed by atoms with E-state index in [-0.39, 0.29) is 24.5 Å². The van der Waals surface area contributed by atoms with Crippen LogP contribution in [0.1, 0.15) is 48.5 Å². The second kappa shape index (κ2) is 8.66. The molecule has 26 heavy (non-hydrogen) atoms. The van der Waals surface area contributed by atoms with Gasteiger partial charge in [0.1, 0.15) is 5.01 Å². The number of ether oxygens (including phenoxy) is 1. The summed E-state index contributed by atoms with van der Waals surface area (Å²) in [6.45, 7) is 4.91. The molecule has 1 aromatic heterocycles. The minimum atomic E-state index is -1.26. The first-order valence-corrected chi connectivity index (χ1v) is 9.01. The van der Waals surface area contributed by atoms with E-state index in [0.29, 0.717) is 17.1 Å². The Kier molecular flexibility index (Phi) is 6.57. The molecule has 1 aromatic carbocycles. The van der Waals surface area contributed by atoms with E-state index in [1.54, 1.807) is 45.0 Å². The zero-order chi connectivity index (χ0) is 19.2. The highest BCUT2D eigenvalue weighted by atomic mass is 32.1. The Morgan fingerprint density at radius 1 is 1.12 bits per heavy atom. The smallest absolute Gasteiger partial charge is 0.306 e. The monoisotopic (exact) mass is 375 g/mol. The number of anilines is 1. The van der Waals surface area contributed by atoms with E-state index < -0.39 is 11.6 Å². The molecule has 0 spiro atoms. The van der Waals surface area contributed by atoms with Crippen LogP contribution in [-0.2, 0) is 14.3 Å². The fourth-order valence-electron chi connectivity index (χ4n) is 2.24. The molecular weight excluding hydrogens is 354 g/mol. The molecule has 2 aromatic rings. The van der Waals surface area contributed by atoms with Crippen LogP contribution in [0.5, 0.6) is 0 Å². The summed E-state index contributed by atoms with van der Waals surface area (Å²) in [6.07, 6.45) is 0.521. The van der Waals surface area contributed by atoms with Gasteiger partial charge in [0, 0.05) is 18.4 Å². The van der Waals surface area contributed by atoms with E-state index in [0.717, 1.165) is 5.01 Å². The third kappa shape index (κ3) is 5.73. The van der Waals surface area contributed by atoms with Crippen LogP contribution in [0.4, 0.5) is 5.13 Å². The lowest BCUT2D eigenvalue weighted by molar-refractivity contribution is -0.152. The van der Waals surface area contributed by atoms with Crippen molar-refractivity contribution in [2.75, 3.05) is 5.32 Å². The summed E-state index contributed by atoms with van der Waals surface area (Å²) in [6, 6.07) is 8.67. The Balaban J connectivity index is 1.77. The van der Waals surface area contributed by atoms with Crippen LogP contribution in [0.15, 0.2) is 30.3 Å². The molecule has 0 aliphatic heterocycles. The van der Waals surface area contributed by atoms with Crippen molar-refractivity contribution in [2.24, 2.45) is 0 Å². The van der Waals surface area contributed by atoms with E-state index in [9.17, 15) is 14.4 Å². The van der Waals surface area contributed by atoms with E-state index in [1.807, 2.05) is 6.07 Å². The van der Waals surface area contributed by atoms with Crippen molar-refractivity contribution in [3.63, 3.8) is 0 Å². The molecule has 0 aliphatic carbocycles. The molecule has 1 N–H and O–H groups in total. The maximum atomic E-state index is 12.4. The zero-order valence-corrected chi connectivity index (χ0v) is 15.8. The van der Waals surface area contributed by atoms with Gasteiger partial charge in [0.25, 0.3) is 0 Å². The van der Waals surface area contributed by atoms with E-state index in [1.165, 1.54) is 11.3 Å². The number of ketones is 1. The van der Waals surface area contributed by atoms with Gasteiger partial charge < -0.3 is 10.1 Å². The number of hydrogen-bond acceptors (Lipinski definition) is 7. The Morgan fingerprint density at radius 2 is 1.81 bits per heavy atom. The molecular formula is C18H21N3O4S. The van der Waals surface area contributed by atoms with Gasteiger partial charge in [-0.1, -0.05) is 41.7 Å². The number of aryl methyl sites for hydroxylation is 1. The van der Waals surface area contributed by atoms with E-state index in [4.69, 9.17) is 4.74 Å². The third-order valence-corrected chi connectivity index (χ3v) is 4.26. The van der Waals surface area contributed by atoms with Crippen molar-refractivity contribution in [2.45, 2.75) is 45.6 Å². The molecule has 138 valence electrons. The number of carbonyl (C=O) groups is 3. The summed E-state index contributed by atoms with van der Waals surface area (Å²) in [5.74, 6) is -1.02. The highest BCUT2D eigenvalue weighted by Crippen LogP contribution is 2.19. The van der Waals surface area contributed by atoms with Crippen LogP contribution in [0, 0.1) is 6.92 Å². The van der Waals surface area contributed by atoms with Crippen LogP contribution in [0.3, 0.4) is 0 Å². The average Bonchev–Trinajstić information content (AvgIpc) is 2.99. The van der Waals surface area contributed by atoms with Gasteiger partial charge >= 0.3 is 5.97 Å². The number of nitrogens with zero attached hydrogens (tertiary/aromatic N) is 2. The topological polar surface area (TPSA) is 98.2 Å². The first kappa shape index (κ1) is 19.7. The van der Waals surface area contributed by atoms with Gasteiger partial charge in [0.15, 0.2) is 5.60 Å². The lowest BCUT2D eigenvalue weighted by Crippen LogP contribution is -2.37. The molecule has 0 fully saturated rings. The fraction of sp³-hybridized carbons (Fsp3) is 0.389. The number of hydrogen-bond donors (Lipinski definition) is 1. The summed E-state index contributed by atoms with van der Waals surface area (Å²) < 4.78 is 5.32. The Morgan fingerprint density at radius 3 is 2.42 bits per heavy atom. The van der Waals surface area contributed by atoms with Gasteiger partial charge in [-0.2, -0.15) is 0 Å². The minimum Gasteiger partial charge on any atom is -0.451 e. The molecule has 0 radical (unpaired) electrons. The number of benzene rings is 1. The molecule has 0 unspecified atom stereocenters. The largest absolute Gasteiger partial charge is 0.451 e. The van der Waals surface area contributed by atoms with Crippen molar-refractivity contribution in [1.29, 1.82) is 0 Å². The van der Waals surface area contributed by atoms with Gasteiger partial charge in [-0.05, 0) is 27.2 Å². The highest BCUT2D eigenvalue weighted by Gasteiger charge is 2.32. The molecule has 1 heterocycles. The second-order valence-corrected chi connectivity index (χ2v) is 7.39. The molecule has 7 nitrogen and oxygen atoms in total. The molecule has 1 amide bonds. The van der Waals surface area contributed by atoms with Crippen molar-refractivity contribution in [3.05, 3.63) is 40.9 Å². The van der Waals surface area contributed by atoms with Gasteiger partial charge in [0.05, 0.1) is 0 Å². The standard InChI is InChI=1S/C18H21N3O4S/c1-12-20-21-17(26-12)19-14(22)10-7-11-15(23)25-18(2,3)16(24)13-8-5-4-6-9-13/h4-6,8-9H,7,10-11H2,1-3H3,(H,19,21,22). The van der Waals surface area contributed by atoms with Gasteiger partial charge in [-0.3, -0.25) is 14.4 Å². The van der Waals surface area contributed by atoms with Gasteiger partial charge in [-0.15, -0.1) is 10.2 Å². The zero-order valence-electron chi connectivity index (χ0n) is 14.9. The van der Waals surface area contributed by atoms with Crippen LogP contribution in [0.2, 0.25) is 0 Å². The lowest BCUT2D eigenvalue weighted by atomic mass is 9.96. The van der Waals surface area contributed by atoms with Crippen molar-refractivity contribution in [3.8, 4) is 0 Å².